The number of hydrogen-bond acceptors (Lipinski definition) is 10. The Morgan fingerprint density at radius 3 is 2.52 bits per heavy atom. The van der Waals surface area contributed by atoms with Crippen LogP contribution in [0.5, 0.6) is 5.75 Å². The second-order valence-corrected chi connectivity index (χ2v) is 11.2. The van der Waals surface area contributed by atoms with Gasteiger partial charge < -0.3 is 19.9 Å². The minimum atomic E-state index is -0.664. The van der Waals surface area contributed by atoms with Crippen molar-refractivity contribution in [3.63, 3.8) is 0 Å². The summed E-state index contributed by atoms with van der Waals surface area (Å²) >= 11 is 1.06. The summed E-state index contributed by atoms with van der Waals surface area (Å²) in [6.45, 7) is 13.6. The van der Waals surface area contributed by atoms with Gasteiger partial charge in [0.15, 0.2) is 5.75 Å². The number of aliphatic hydroxyl groups excluding tert-OH is 1. The predicted octanol–water partition coefficient (Wildman–Crippen LogP) is 5.95. The van der Waals surface area contributed by atoms with Crippen LogP contribution in [0.1, 0.15) is 54.2 Å². The van der Waals surface area contributed by atoms with Gasteiger partial charge in [-0.15, -0.1) is 5.10 Å². The van der Waals surface area contributed by atoms with E-state index in [1.165, 1.54) is 10.8 Å². The van der Waals surface area contributed by atoms with Crippen molar-refractivity contribution in [2.75, 3.05) is 38.7 Å². The van der Waals surface area contributed by atoms with E-state index in [1.54, 1.807) is 28.4 Å². The number of ether oxygens (including phenoxy) is 2. The summed E-state index contributed by atoms with van der Waals surface area (Å²) in [7, 11) is 1.74. The van der Waals surface area contributed by atoms with Crippen LogP contribution in [0.4, 0.5) is 20.4 Å². The van der Waals surface area contributed by atoms with Crippen LogP contribution < -0.4 is 10.1 Å². The van der Waals surface area contributed by atoms with Gasteiger partial charge in [-0.1, -0.05) is 20.8 Å². The lowest BCUT2D eigenvalue weighted by atomic mass is 10.2. The molecule has 0 fully saturated rings. The first-order valence-electron chi connectivity index (χ1n) is 13.9. The molecule has 1 atom stereocenters. The zero-order valence-electron chi connectivity index (χ0n) is 25.1. The van der Waals surface area contributed by atoms with Crippen LogP contribution in [0, 0.1) is 17.6 Å². The Bertz CT molecular complexity index is 1430. The fraction of sp³-hybridized carbons (Fsp3) is 0.500. The topological polar surface area (TPSA) is 115 Å². The van der Waals surface area contributed by atoms with Crippen LogP contribution in [0.25, 0.3) is 16.9 Å². The van der Waals surface area contributed by atoms with Crippen LogP contribution in [0.2, 0.25) is 0 Å². The van der Waals surface area contributed by atoms with E-state index in [0.717, 1.165) is 30.0 Å². The number of benzene rings is 1. The quantitative estimate of drug-likeness (QED) is 0.177. The minimum Gasteiger partial charge on any atom is -0.488 e. The van der Waals surface area contributed by atoms with Crippen LogP contribution in [-0.2, 0) is 4.74 Å². The highest BCUT2D eigenvalue weighted by Gasteiger charge is 2.20. The number of halogens is 2. The van der Waals surface area contributed by atoms with E-state index in [1.807, 2.05) is 20.8 Å². The molecule has 0 bridgehead atoms. The third-order valence-corrected chi connectivity index (χ3v) is 6.45. The average molecular weight is 607 g/mol. The number of rotatable bonds is 13. The van der Waals surface area contributed by atoms with Gasteiger partial charge in [-0.25, -0.2) is 22.8 Å². The summed E-state index contributed by atoms with van der Waals surface area (Å²) < 4.78 is 45.9. The van der Waals surface area contributed by atoms with Gasteiger partial charge in [0.05, 0.1) is 23.4 Å². The Morgan fingerprint density at radius 1 is 1.12 bits per heavy atom. The second-order valence-electron chi connectivity index (χ2n) is 9.96. The maximum Gasteiger partial charge on any atom is 0.247 e. The summed E-state index contributed by atoms with van der Waals surface area (Å²) in [5, 5.41) is 20.4. The molecule has 0 saturated carbocycles. The molecule has 0 spiro atoms. The lowest BCUT2D eigenvalue weighted by Crippen LogP contribution is -2.12. The Kier molecular flexibility index (Phi) is 12.5. The molecule has 2 N–H and O–H groups in total. The molecule has 3 heterocycles. The lowest BCUT2D eigenvalue weighted by Gasteiger charge is -2.15. The molecule has 11 nitrogen and oxygen atoms in total. The lowest BCUT2D eigenvalue weighted by molar-refractivity contribution is 0.0160. The smallest absolute Gasteiger partial charge is 0.247 e. The van der Waals surface area contributed by atoms with E-state index < -0.39 is 11.6 Å². The highest BCUT2D eigenvalue weighted by atomic mass is 32.2. The SMILES string of the molecule is CC(C)C.CCOc1c(-c2cnn(C(C)OCC)c2)ncn2nc(Nc3cc(F)c(SN(C)CCCO)cc3F)nc12. The molecule has 1 unspecified atom stereocenters. The van der Waals surface area contributed by atoms with Gasteiger partial charge in [0.1, 0.15) is 29.9 Å². The first kappa shape index (κ1) is 33.2. The van der Waals surface area contributed by atoms with Gasteiger partial charge in [0, 0.05) is 37.6 Å². The predicted molar refractivity (Wildman–Crippen MR) is 160 cm³/mol. The molecule has 4 rings (SSSR count). The number of nitrogens with zero attached hydrogens (tertiary/aromatic N) is 7. The van der Waals surface area contributed by atoms with E-state index in [0.29, 0.717) is 48.8 Å². The van der Waals surface area contributed by atoms with Crippen LogP contribution in [0.3, 0.4) is 0 Å². The molecule has 230 valence electrons. The first-order valence-corrected chi connectivity index (χ1v) is 14.6. The zero-order chi connectivity index (χ0) is 30.8. The van der Waals surface area contributed by atoms with Gasteiger partial charge in [-0.05, 0) is 58.2 Å². The highest BCUT2D eigenvalue weighted by molar-refractivity contribution is 7.97. The van der Waals surface area contributed by atoms with Crippen molar-refractivity contribution < 1.29 is 23.4 Å². The number of anilines is 2. The van der Waals surface area contributed by atoms with E-state index in [4.69, 9.17) is 14.6 Å². The summed E-state index contributed by atoms with van der Waals surface area (Å²) in [4.78, 5) is 9.07. The van der Waals surface area contributed by atoms with Gasteiger partial charge >= 0.3 is 0 Å². The maximum absolute atomic E-state index is 14.9. The molecule has 0 aliphatic heterocycles. The molecule has 1 aromatic carbocycles. The number of aliphatic hydroxyl groups is 1. The minimum absolute atomic E-state index is 0.0232. The molecule has 3 aromatic heterocycles. The summed E-state index contributed by atoms with van der Waals surface area (Å²) in [6.07, 6.45) is 5.20. The number of hydrogen-bond donors (Lipinski definition) is 2. The fourth-order valence-electron chi connectivity index (χ4n) is 3.67. The van der Waals surface area contributed by atoms with Crippen molar-refractivity contribution in [2.45, 2.75) is 59.1 Å². The van der Waals surface area contributed by atoms with Gasteiger partial charge in [-0.2, -0.15) is 14.6 Å². The summed E-state index contributed by atoms with van der Waals surface area (Å²) in [5.74, 6) is -0.00781. The van der Waals surface area contributed by atoms with Gasteiger partial charge in [0.2, 0.25) is 11.6 Å². The van der Waals surface area contributed by atoms with Crippen molar-refractivity contribution in [1.82, 2.24) is 33.7 Å². The second kappa shape index (κ2) is 15.8. The van der Waals surface area contributed by atoms with Gasteiger partial charge in [0.25, 0.3) is 0 Å². The highest BCUT2D eigenvalue weighted by Crippen LogP contribution is 2.33. The van der Waals surface area contributed by atoms with Crippen molar-refractivity contribution in [3.8, 4) is 17.0 Å². The first-order chi connectivity index (χ1) is 20.1. The van der Waals surface area contributed by atoms with Crippen LogP contribution in [-0.4, -0.2) is 72.2 Å². The van der Waals surface area contributed by atoms with E-state index in [9.17, 15) is 8.78 Å². The Labute approximate surface area is 249 Å². The standard InChI is InChI=1S/C24H30F2N8O3S.C4H10/c1-5-36-15(3)33-13-16(12-28-33)21-22(37-6-2)23-30-24(31-34(23)14-27-21)29-19-10-18(26)20(11-17(19)25)38-32(4)8-7-9-35;1-4(2)3/h10-15,35H,5-9H2,1-4H3,(H,29,31);4H,1-3H3. The molecular weight excluding hydrogens is 566 g/mol. The summed E-state index contributed by atoms with van der Waals surface area (Å²) in [6, 6.07) is 2.17. The third kappa shape index (κ3) is 8.84. The van der Waals surface area contributed by atoms with Crippen LogP contribution >= 0.6 is 11.9 Å². The molecule has 4 aromatic rings. The molecular formula is C28H40F2N8O3S. The zero-order valence-corrected chi connectivity index (χ0v) is 26.0. The Balaban J connectivity index is 0.00000114. The molecule has 0 aliphatic carbocycles. The van der Waals surface area contributed by atoms with Crippen molar-refractivity contribution >= 4 is 29.2 Å². The largest absolute Gasteiger partial charge is 0.488 e. The molecule has 42 heavy (non-hydrogen) atoms. The van der Waals surface area contributed by atoms with Gasteiger partial charge in [-0.3, -0.25) is 0 Å². The molecule has 0 aliphatic rings. The number of aromatic nitrogens is 6. The van der Waals surface area contributed by atoms with E-state index in [-0.39, 0.29) is 29.4 Å². The molecule has 0 amide bonds. The van der Waals surface area contributed by atoms with Crippen molar-refractivity contribution in [2.24, 2.45) is 5.92 Å². The molecule has 0 radical (unpaired) electrons. The maximum atomic E-state index is 14.9. The van der Waals surface area contributed by atoms with Crippen LogP contribution in [0.15, 0.2) is 35.7 Å². The monoisotopic (exact) mass is 606 g/mol. The fourth-order valence-corrected chi connectivity index (χ4v) is 4.53. The Morgan fingerprint density at radius 2 is 1.86 bits per heavy atom. The Hall–Kier alpha value is -3.33. The summed E-state index contributed by atoms with van der Waals surface area (Å²) in [5.41, 5.74) is 1.45. The number of nitrogens with one attached hydrogen (secondary N) is 1. The van der Waals surface area contributed by atoms with E-state index >= 15 is 0 Å². The normalized spacial score (nSPS) is 12.1. The number of fused-ring (bicyclic) bond motifs is 1. The molecule has 0 saturated heterocycles. The van der Waals surface area contributed by atoms with E-state index in [2.05, 4.69) is 46.3 Å². The van der Waals surface area contributed by atoms with Crippen molar-refractivity contribution in [1.29, 1.82) is 0 Å². The average Bonchev–Trinajstić information content (AvgIpc) is 3.58. The third-order valence-electron chi connectivity index (χ3n) is 5.44. The van der Waals surface area contributed by atoms with Crippen molar-refractivity contribution in [3.05, 3.63) is 42.5 Å². The molecule has 14 heteroatoms.